The molecule has 2 saturated carbocycles. The van der Waals surface area contributed by atoms with Gasteiger partial charge in [-0.15, -0.1) is 0 Å². The maximum atomic E-state index is 13.6. The van der Waals surface area contributed by atoms with Crippen LogP contribution >= 0.6 is 0 Å². The van der Waals surface area contributed by atoms with E-state index in [2.05, 4.69) is 30.9 Å². The number of nitrogens with two attached hydrogens (primary N) is 1. The van der Waals surface area contributed by atoms with Crippen LogP contribution in [0.5, 0.6) is 0 Å². The van der Waals surface area contributed by atoms with E-state index in [1.807, 2.05) is 25.1 Å². The van der Waals surface area contributed by atoms with Crippen molar-refractivity contribution < 1.29 is 14.7 Å². The third kappa shape index (κ3) is 3.32. The average Bonchev–Trinajstić information content (AvgIpc) is 3.14. The first kappa shape index (κ1) is 23.1. The maximum Gasteiger partial charge on any atom is 0.156 e. The third-order valence-corrected chi connectivity index (χ3v) is 9.45. The molecule has 0 aromatic heterocycles. The molecule has 0 spiro atoms. The SMILES string of the molecule is CCC(=O)[C@@]1(C#CCO)CC[C@H]2[C@@H]3CCC4=CC(=O)CCC4=C3[C@@H](c3ccc(N)cc3)C[C@@]21C. The molecule has 0 aliphatic heterocycles. The van der Waals surface area contributed by atoms with Gasteiger partial charge >= 0.3 is 0 Å². The van der Waals surface area contributed by atoms with E-state index in [-0.39, 0.29) is 29.5 Å². The Morgan fingerprint density at radius 2 is 1.94 bits per heavy atom. The van der Waals surface area contributed by atoms with Crippen LogP contribution in [0.15, 0.2) is 47.1 Å². The van der Waals surface area contributed by atoms with Gasteiger partial charge in [-0.05, 0) is 90.7 Å². The van der Waals surface area contributed by atoms with Gasteiger partial charge in [-0.1, -0.05) is 43.4 Å². The molecular formula is C30H35NO3. The van der Waals surface area contributed by atoms with Gasteiger partial charge in [-0.2, -0.15) is 0 Å². The number of hydrogen-bond donors (Lipinski definition) is 2. The van der Waals surface area contributed by atoms with Gasteiger partial charge in [0.15, 0.2) is 11.6 Å². The van der Waals surface area contributed by atoms with Crippen molar-refractivity contribution in [3.8, 4) is 11.8 Å². The number of carbonyl (C=O) groups excluding carboxylic acids is 2. The van der Waals surface area contributed by atoms with E-state index >= 15 is 0 Å². The minimum absolute atomic E-state index is 0.178. The van der Waals surface area contributed by atoms with Gasteiger partial charge in [0.05, 0.1) is 5.41 Å². The van der Waals surface area contributed by atoms with Crippen LogP contribution in [0.25, 0.3) is 0 Å². The van der Waals surface area contributed by atoms with Crippen LogP contribution in [0.3, 0.4) is 0 Å². The number of fused-ring (bicyclic) bond motifs is 4. The number of hydrogen-bond acceptors (Lipinski definition) is 4. The van der Waals surface area contributed by atoms with Gasteiger partial charge in [-0.3, -0.25) is 9.59 Å². The number of aliphatic hydroxyl groups excluding tert-OH is 1. The van der Waals surface area contributed by atoms with E-state index in [9.17, 15) is 14.7 Å². The first-order valence-electron chi connectivity index (χ1n) is 12.8. The second-order valence-electron chi connectivity index (χ2n) is 10.8. The minimum Gasteiger partial charge on any atom is -0.399 e. The lowest BCUT2D eigenvalue weighted by Crippen LogP contribution is -2.50. The summed E-state index contributed by atoms with van der Waals surface area (Å²) in [6.07, 6.45) is 8.33. The number of nitrogen functional groups attached to an aromatic ring is 1. The Morgan fingerprint density at radius 3 is 2.65 bits per heavy atom. The molecule has 0 radical (unpaired) electrons. The van der Waals surface area contributed by atoms with E-state index in [0.717, 1.165) is 44.2 Å². The van der Waals surface area contributed by atoms with Gasteiger partial charge in [0.1, 0.15) is 6.61 Å². The van der Waals surface area contributed by atoms with Crippen LogP contribution < -0.4 is 5.73 Å². The van der Waals surface area contributed by atoms with Crippen molar-refractivity contribution in [2.24, 2.45) is 22.7 Å². The zero-order valence-corrected chi connectivity index (χ0v) is 20.3. The monoisotopic (exact) mass is 457 g/mol. The molecule has 3 N–H and O–H groups in total. The maximum absolute atomic E-state index is 13.6. The number of carbonyl (C=O) groups is 2. The smallest absolute Gasteiger partial charge is 0.156 e. The molecule has 5 rings (SSSR count). The summed E-state index contributed by atoms with van der Waals surface area (Å²) in [5.74, 6) is 7.64. The van der Waals surface area contributed by atoms with Crippen LogP contribution in [-0.4, -0.2) is 23.3 Å². The summed E-state index contributed by atoms with van der Waals surface area (Å²) < 4.78 is 0. The number of benzene rings is 1. The highest BCUT2D eigenvalue weighted by Gasteiger charge is 2.65. The number of rotatable bonds is 3. The zero-order valence-electron chi connectivity index (χ0n) is 20.3. The number of allylic oxidation sites excluding steroid dienone is 4. The summed E-state index contributed by atoms with van der Waals surface area (Å²) in [5.41, 5.74) is 11.2. The fourth-order valence-electron chi connectivity index (χ4n) is 7.94. The van der Waals surface area contributed by atoms with Crippen LogP contribution in [-0.2, 0) is 9.59 Å². The summed E-state index contributed by atoms with van der Waals surface area (Å²) in [7, 11) is 0. The number of Topliss-reactive ketones (excluding diaryl/α,β-unsaturated/α-hetero) is 1. The van der Waals surface area contributed by atoms with Crippen LogP contribution in [0.4, 0.5) is 5.69 Å². The van der Waals surface area contributed by atoms with Crippen molar-refractivity contribution in [2.75, 3.05) is 12.3 Å². The van der Waals surface area contributed by atoms with Crippen molar-refractivity contribution >= 4 is 17.3 Å². The molecule has 34 heavy (non-hydrogen) atoms. The second kappa shape index (κ2) is 8.54. The predicted octanol–water partition coefficient (Wildman–Crippen LogP) is 5.13. The fraction of sp³-hybridized carbons (Fsp3) is 0.533. The van der Waals surface area contributed by atoms with E-state index in [0.29, 0.717) is 24.7 Å². The van der Waals surface area contributed by atoms with Gasteiger partial charge < -0.3 is 10.8 Å². The highest BCUT2D eigenvalue weighted by Crippen LogP contribution is 2.69. The Labute approximate surface area is 202 Å². The van der Waals surface area contributed by atoms with Gasteiger partial charge in [-0.25, -0.2) is 0 Å². The first-order valence-corrected chi connectivity index (χ1v) is 12.8. The minimum atomic E-state index is -0.712. The fourth-order valence-corrected chi connectivity index (χ4v) is 7.94. The third-order valence-electron chi connectivity index (χ3n) is 9.45. The molecule has 1 aromatic carbocycles. The van der Waals surface area contributed by atoms with E-state index in [1.165, 1.54) is 22.3 Å². The molecular weight excluding hydrogens is 422 g/mol. The molecule has 0 saturated heterocycles. The molecule has 1 aromatic rings. The Balaban J connectivity index is 1.71. The number of ketones is 2. The second-order valence-corrected chi connectivity index (χ2v) is 10.8. The lowest BCUT2D eigenvalue weighted by molar-refractivity contribution is -0.132. The van der Waals surface area contributed by atoms with Crippen LogP contribution in [0, 0.1) is 34.5 Å². The van der Waals surface area contributed by atoms with Crippen molar-refractivity contribution in [1.82, 2.24) is 0 Å². The molecule has 4 heteroatoms. The van der Waals surface area contributed by atoms with Gasteiger partial charge in [0.25, 0.3) is 0 Å². The molecule has 4 aliphatic carbocycles. The van der Waals surface area contributed by atoms with Crippen LogP contribution in [0.2, 0.25) is 0 Å². The summed E-state index contributed by atoms with van der Waals surface area (Å²) in [6, 6.07) is 8.22. The summed E-state index contributed by atoms with van der Waals surface area (Å²) >= 11 is 0. The number of anilines is 1. The summed E-state index contributed by atoms with van der Waals surface area (Å²) in [6.45, 7) is 4.01. The lowest BCUT2D eigenvalue weighted by atomic mass is 9.48. The Hall–Kier alpha value is -2.64. The largest absolute Gasteiger partial charge is 0.399 e. The van der Waals surface area contributed by atoms with E-state index in [1.54, 1.807) is 0 Å². The molecule has 0 unspecified atom stereocenters. The molecule has 4 nitrogen and oxygen atoms in total. The highest BCUT2D eigenvalue weighted by molar-refractivity contribution is 5.93. The van der Waals surface area contributed by atoms with E-state index < -0.39 is 5.41 Å². The van der Waals surface area contributed by atoms with Crippen molar-refractivity contribution in [2.45, 2.75) is 71.1 Å². The molecule has 0 bridgehead atoms. The van der Waals surface area contributed by atoms with Crippen molar-refractivity contribution in [3.63, 3.8) is 0 Å². The Kier molecular flexibility index (Phi) is 5.81. The predicted molar refractivity (Wildman–Crippen MR) is 134 cm³/mol. The van der Waals surface area contributed by atoms with E-state index in [4.69, 9.17) is 5.73 Å². The molecule has 0 amide bonds. The van der Waals surface area contributed by atoms with Crippen molar-refractivity contribution in [3.05, 3.63) is 52.6 Å². The lowest BCUT2D eigenvalue weighted by Gasteiger charge is -2.54. The molecule has 2 fully saturated rings. The van der Waals surface area contributed by atoms with Crippen molar-refractivity contribution in [1.29, 1.82) is 0 Å². The highest BCUT2D eigenvalue weighted by atomic mass is 16.2. The first-order chi connectivity index (χ1) is 16.3. The number of aliphatic hydroxyl groups is 1. The Bertz CT molecular complexity index is 1150. The average molecular weight is 458 g/mol. The molecule has 178 valence electrons. The van der Waals surface area contributed by atoms with Crippen LogP contribution in [0.1, 0.15) is 76.7 Å². The molecule has 5 atom stereocenters. The quantitative estimate of drug-likeness (QED) is 0.487. The summed E-state index contributed by atoms with van der Waals surface area (Å²) in [4.78, 5) is 25.8. The Morgan fingerprint density at radius 1 is 1.18 bits per heavy atom. The van der Waals surface area contributed by atoms with Gasteiger partial charge in [0, 0.05) is 24.4 Å². The zero-order chi connectivity index (χ0) is 24.1. The topological polar surface area (TPSA) is 80.4 Å². The summed E-state index contributed by atoms with van der Waals surface area (Å²) in [5, 5.41) is 9.53. The standard InChI is InChI=1S/C30H35NO3/c1-3-27(34)30(14-4-16-32)15-13-26-24-11-7-20-17-22(33)10-12-23(20)28(24)25(18-29(26,30)2)19-5-8-21(31)9-6-19/h5-6,8-9,17,24-26,32H,3,7,10-13,15-16,18,31H2,1-2H3/t24-,25+,26-,29-,30+/m0/s1. The molecule has 0 heterocycles. The van der Waals surface area contributed by atoms with Gasteiger partial charge in [0.2, 0.25) is 0 Å². The normalized spacial score (nSPS) is 34.4. The molecule has 4 aliphatic rings.